The highest BCUT2D eigenvalue weighted by Gasteiger charge is 2.31. The SMILES string of the molecule is CC(C)(I)c1ccc(C(F)(F)F)cn1. The van der Waals surface area contributed by atoms with Crippen molar-refractivity contribution < 1.29 is 13.2 Å². The largest absolute Gasteiger partial charge is 0.417 e. The third kappa shape index (κ3) is 2.83. The van der Waals surface area contributed by atoms with Gasteiger partial charge in [0.25, 0.3) is 0 Å². The number of halogens is 4. The molecule has 0 N–H and O–H groups in total. The molecule has 0 aliphatic heterocycles. The molecular formula is C9H9F3IN. The molecule has 0 radical (unpaired) electrons. The highest BCUT2D eigenvalue weighted by Crippen LogP contribution is 2.32. The zero-order valence-electron chi connectivity index (χ0n) is 7.69. The Morgan fingerprint density at radius 1 is 1.21 bits per heavy atom. The molecule has 0 spiro atoms. The van der Waals surface area contributed by atoms with E-state index in [0.717, 1.165) is 12.3 Å². The van der Waals surface area contributed by atoms with E-state index in [2.05, 4.69) is 27.6 Å². The number of aromatic nitrogens is 1. The molecule has 0 aliphatic rings. The topological polar surface area (TPSA) is 12.9 Å². The molecule has 5 heteroatoms. The quantitative estimate of drug-likeness (QED) is 0.568. The van der Waals surface area contributed by atoms with Gasteiger partial charge >= 0.3 is 6.18 Å². The first-order valence-corrected chi connectivity index (χ1v) is 5.02. The molecule has 0 unspecified atom stereocenters. The Morgan fingerprint density at radius 2 is 1.79 bits per heavy atom. The summed E-state index contributed by atoms with van der Waals surface area (Å²) in [6.45, 7) is 3.78. The van der Waals surface area contributed by atoms with Gasteiger partial charge in [-0.2, -0.15) is 13.2 Å². The second kappa shape index (κ2) is 3.67. The summed E-state index contributed by atoms with van der Waals surface area (Å²) in [4.78, 5) is 3.79. The van der Waals surface area contributed by atoms with E-state index >= 15 is 0 Å². The van der Waals surface area contributed by atoms with Gasteiger partial charge in [-0.15, -0.1) is 0 Å². The summed E-state index contributed by atoms with van der Waals surface area (Å²) in [5, 5.41) is 0. The Labute approximate surface area is 93.9 Å². The Morgan fingerprint density at radius 3 is 2.07 bits per heavy atom. The molecule has 1 rings (SSSR count). The lowest BCUT2D eigenvalue weighted by Crippen LogP contribution is -2.11. The summed E-state index contributed by atoms with van der Waals surface area (Å²) in [5.41, 5.74) is -0.0620. The standard InChI is InChI=1S/C9H9F3IN/c1-8(2,13)7-4-3-6(5-14-7)9(10,11)12/h3-5H,1-2H3. The average molecular weight is 315 g/mol. The lowest BCUT2D eigenvalue weighted by Gasteiger charge is -2.16. The first-order chi connectivity index (χ1) is 6.21. The van der Waals surface area contributed by atoms with Gasteiger partial charge < -0.3 is 0 Å². The minimum absolute atomic E-state index is 0.248. The molecule has 1 aromatic rings. The molecule has 0 bridgehead atoms. The third-order valence-electron chi connectivity index (χ3n) is 1.70. The maximum Gasteiger partial charge on any atom is 0.417 e. The van der Waals surface area contributed by atoms with Crippen LogP contribution in [-0.4, -0.2) is 4.98 Å². The molecule has 78 valence electrons. The van der Waals surface area contributed by atoms with Crippen molar-refractivity contribution >= 4 is 22.6 Å². The zero-order chi connectivity index (χ0) is 11.0. The summed E-state index contributed by atoms with van der Waals surface area (Å²) < 4.78 is 36.3. The van der Waals surface area contributed by atoms with Crippen LogP contribution in [0.15, 0.2) is 18.3 Å². The molecule has 14 heavy (non-hydrogen) atoms. The Bertz CT molecular complexity index is 277. The van der Waals surface area contributed by atoms with Gasteiger partial charge in [-0.05, 0) is 26.0 Å². The molecular weight excluding hydrogens is 306 g/mol. The van der Waals surface area contributed by atoms with Crippen molar-refractivity contribution in [2.24, 2.45) is 0 Å². The lowest BCUT2D eigenvalue weighted by atomic mass is 10.1. The van der Waals surface area contributed by atoms with Crippen LogP contribution in [0, 0.1) is 0 Å². The molecule has 0 amide bonds. The summed E-state index contributed by atoms with van der Waals surface area (Å²) in [5.74, 6) is 0. The van der Waals surface area contributed by atoms with E-state index in [4.69, 9.17) is 0 Å². The van der Waals surface area contributed by atoms with E-state index in [9.17, 15) is 13.2 Å². The molecule has 1 heterocycles. The van der Waals surface area contributed by atoms with Gasteiger partial charge in [0.1, 0.15) is 0 Å². The van der Waals surface area contributed by atoms with E-state index in [1.165, 1.54) is 6.07 Å². The molecule has 0 aliphatic carbocycles. The molecule has 0 saturated carbocycles. The molecule has 0 aromatic carbocycles. The van der Waals surface area contributed by atoms with E-state index < -0.39 is 11.7 Å². The van der Waals surface area contributed by atoms with Gasteiger partial charge in [-0.1, -0.05) is 22.6 Å². The van der Waals surface area contributed by atoms with E-state index in [-0.39, 0.29) is 3.42 Å². The van der Waals surface area contributed by atoms with Crippen molar-refractivity contribution in [1.82, 2.24) is 4.98 Å². The van der Waals surface area contributed by atoms with Gasteiger partial charge in [0.05, 0.1) is 14.7 Å². The first-order valence-electron chi connectivity index (χ1n) is 3.94. The minimum atomic E-state index is -4.30. The third-order valence-corrected chi connectivity index (χ3v) is 2.25. The van der Waals surface area contributed by atoms with Crippen LogP contribution in [0.25, 0.3) is 0 Å². The fourth-order valence-corrected chi connectivity index (χ4v) is 1.23. The number of nitrogens with zero attached hydrogens (tertiary/aromatic N) is 1. The maximum atomic E-state index is 12.2. The molecule has 0 fully saturated rings. The second-order valence-corrected chi connectivity index (χ2v) is 6.10. The fraction of sp³-hybridized carbons (Fsp3) is 0.444. The Kier molecular flexibility index (Phi) is 3.08. The van der Waals surface area contributed by atoms with Gasteiger partial charge in [0.15, 0.2) is 0 Å². The fourth-order valence-electron chi connectivity index (χ4n) is 0.913. The summed E-state index contributed by atoms with van der Waals surface area (Å²) in [6, 6.07) is 2.47. The Balaban J connectivity index is 3.02. The molecule has 1 aromatic heterocycles. The van der Waals surface area contributed by atoms with Crippen LogP contribution in [0.1, 0.15) is 25.1 Å². The van der Waals surface area contributed by atoms with Crippen LogP contribution < -0.4 is 0 Å². The summed E-state index contributed by atoms with van der Waals surface area (Å²) in [6.07, 6.45) is -3.43. The average Bonchev–Trinajstić information content (AvgIpc) is 2.01. The van der Waals surface area contributed by atoms with Crippen LogP contribution in [0.5, 0.6) is 0 Å². The van der Waals surface area contributed by atoms with Crippen LogP contribution >= 0.6 is 22.6 Å². The summed E-state index contributed by atoms with van der Waals surface area (Å²) >= 11 is 2.13. The van der Waals surface area contributed by atoms with Gasteiger partial charge in [-0.3, -0.25) is 4.98 Å². The number of alkyl halides is 4. The monoisotopic (exact) mass is 315 g/mol. The van der Waals surface area contributed by atoms with Gasteiger partial charge in [0, 0.05) is 6.20 Å². The van der Waals surface area contributed by atoms with Crippen LogP contribution in [0.4, 0.5) is 13.2 Å². The van der Waals surface area contributed by atoms with Crippen molar-refractivity contribution in [3.63, 3.8) is 0 Å². The normalized spacial score (nSPS) is 13.0. The van der Waals surface area contributed by atoms with Crippen molar-refractivity contribution in [2.75, 3.05) is 0 Å². The molecule has 1 nitrogen and oxygen atoms in total. The molecule has 0 atom stereocenters. The predicted molar refractivity (Wildman–Crippen MR) is 56.3 cm³/mol. The van der Waals surface area contributed by atoms with Crippen molar-refractivity contribution in [3.05, 3.63) is 29.6 Å². The minimum Gasteiger partial charge on any atom is -0.259 e. The van der Waals surface area contributed by atoms with Crippen LogP contribution in [0.3, 0.4) is 0 Å². The Hall–Kier alpha value is -0.330. The lowest BCUT2D eigenvalue weighted by molar-refractivity contribution is -0.137. The first kappa shape index (κ1) is 11.7. The van der Waals surface area contributed by atoms with Crippen LogP contribution in [0.2, 0.25) is 0 Å². The van der Waals surface area contributed by atoms with Crippen molar-refractivity contribution in [2.45, 2.75) is 23.4 Å². The predicted octanol–water partition coefficient (Wildman–Crippen LogP) is 3.77. The van der Waals surface area contributed by atoms with E-state index in [0.29, 0.717) is 5.69 Å². The number of hydrogen-bond acceptors (Lipinski definition) is 1. The number of hydrogen-bond donors (Lipinski definition) is 0. The van der Waals surface area contributed by atoms with Crippen LogP contribution in [-0.2, 0) is 9.60 Å². The van der Waals surface area contributed by atoms with Crippen molar-refractivity contribution in [1.29, 1.82) is 0 Å². The highest BCUT2D eigenvalue weighted by molar-refractivity contribution is 14.1. The van der Waals surface area contributed by atoms with E-state index in [1.807, 2.05) is 13.8 Å². The van der Waals surface area contributed by atoms with Gasteiger partial charge in [0.2, 0.25) is 0 Å². The molecule has 0 saturated heterocycles. The van der Waals surface area contributed by atoms with E-state index in [1.54, 1.807) is 0 Å². The summed E-state index contributed by atoms with van der Waals surface area (Å²) in [7, 11) is 0. The highest BCUT2D eigenvalue weighted by atomic mass is 127. The maximum absolute atomic E-state index is 12.2. The second-order valence-electron chi connectivity index (χ2n) is 3.40. The number of pyridine rings is 1. The van der Waals surface area contributed by atoms with Gasteiger partial charge in [-0.25, -0.2) is 0 Å². The number of rotatable bonds is 1. The zero-order valence-corrected chi connectivity index (χ0v) is 9.85. The van der Waals surface area contributed by atoms with Crippen molar-refractivity contribution in [3.8, 4) is 0 Å². The smallest absolute Gasteiger partial charge is 0.259 e.